The van der Waals surface area contributed by atoms with Crippen molar-refractivity contribution in [2.45, 2.75) is 13.8 Å². The SMILES string of the molecule is Cc1ccc(-c2nc(C)c(C(N)=O)s2)s1. The van der Waals surface area contributed by atoms with E-state index in [1.807, 2.05) is 19.1 Å². The molecule has 0 aliphatic carbocycles. The number of rotatable bonds is 2. The van der Waals surface area contributed by atoms with Crippen molar-refractivity contribution in [3.63, 3.8) is 0 Å². The third-order valence-electron chi connectivity index (χ3n) is 1.97. The molecular weight excluding hydrogens is 228 g/mol. The number of nitrogens with zero attached hydrogens (tertiary/aromatic N) is 1. The van der Waals surface area contributed by atoms with Gasteiger partial charge >= 0.3 is 0 Å². The van der Waals surface area contributed by atoms with Gasteiger partial charge in [0.2, 0.25) is 0 Å². The van der Waals surface area contributed by atoms with Gasteiger partial charge in [-0.05, 0) is 26.0 Å². The van der Waals surface area contributed by atoms with Gasteiger partial charge in [-0.1, -0.05) is 0 Å². The highest BCUT2D eigenvalue weighted by Gasteiger charge is 2.14. The van der Waals surface area contributed by atoms with Crippen molar-refractivity contribution in [3.8, 4) is 9.88 Å². The molecule has 0 saturated carbocycles. The molecule has 2 aromatic rings. The third kappa shape index (κ3) is 1.93. The van der Waals surface area contributed by atoms with E-state index in [4.69, 9.17) is 5.73 Å². The second-order valence-corrected chi connectivity index (χ2v) is 5.50. The number of thiophene rings is 1. The van der Waals surface area contributed by atoms with Crippen LogP contribution in [0.4, 0.5) is 0 Å². The van der Waals surface area contributed by atoms with Gasteiger partial charge in [-0.2, -0.15) is 0 Å². The van der Waals surface area contributed by atoms with Crippen LogP contribution in [0, 0.1) is 13.8 Å². The summed E-state index contributed by atoms with van der Waals surface area (Å²) in [6, 6.07) is 4.06. The number of nitrogens with two attached hydrogens (primary N) is 1. The van der Waals surface area contributed by atoms with E-state index in [2.05, 4.69) is 4.98 Å². The van der Waals surface area contributed by atoms with Gasteiger partial charge in [-0.25, -0.2) is 4.98 Å². The fourth-order valence-corrected chi connectivity index (χ4v) is 3.12. The number of hydrogen-bond acceptors (Lipinski definition) is 4. The van der Waals surface area contributed by atoms with E-state index in [9.17, 15) is 4.79 Å². The number of aromatic nitrogens is 1. The van der Waals surface area contributed by atoms with Crippen molar-refractivity contribution in [3.05, 3.63) is 27.6 Å². The van der Waals surface area contributed by atoms with Crippen LogP contribution in [-0.4, -0.2) is 10.9 Å². The molecule has 0 unspecified atom stereocenters. The van der Waals surface area contributed by atoms with Crippen LogP contribution in [0.25, 0.3) is 9.88 Å². The van der Waals surface area contributed by atoms with E-state index in [1.54, 1.807) is 18.3 Å². The molecule has 15 heavy (non-hydrogen) atoms. The number of primary amides is 1. The van der Waals surface area contributed by atoms with Crippen LogP contribution in [0.1, 0.15) is 20.2 Å². The molecule has 0 atom stereocenters. The summed E-state index contributed by atoms with van der Waals surface area (Å²) in [6.45, 7) is 3.85. The van der Waals surface area contributed by atoms with E-state index in [1.165, 1.54) is 16.2 Å². The number of amides is 1. The summed E-state index contributed by atoms with van der Waals surface area (Å²) >= 11 is 3.03. The molecule has 2 aromatic heterocycles. The van der Waals surface area contributed by atoms with Gasteiger partial charge in [0.1, 0.15) is 9.88 Å². The number of thiazole rings is 1. The molecule has 0 bridgehead atoms. The molecule has 3 nitrogen and oxygen atoms in total. The van der Waals surface area contributed by atoms with E-state index >= 15 is 0 Å². The van der Waals surface area contributed by atoms with Gasteiger partial charge in [0.25, 0.3) is 5.91 Å². The van der Waals surface area contributed by atoms with Gasteiger partial charge in [0, 0.05) is 4.88 Å². The van der Waals surface area contributed by atoms with Gasteiger partial charge in [-0.15, -0.1) is 22.7 Å². The largest absolute Gasteiger partial charge is 0.365 e. The normalized spacial score (nSPS) is 10.5. The monoisotopic (exact) mass is 238 g/mol. The highest BCUT2D eigenvalue weighted by Crippen LogP contribution is 2.32. The summed E-state index contributed by atoms with van der Waals surface area (Å²) in [5.41, 5.74) is 5.96. The van der Waals surface area contributed by atoms with E-state index < -0.39 is 5.91 Å². The maximum absolute atomic E-state index is 11.1. The van der Waals surface area contributed by atoms with E-state index in [-0.39, 0.29) is 0 Å². The number of carbonyl (C=O) groups excluding carboxylic acids is 1. The first-order valence-electron chi connectivity index (χ1n) is 4.42. The summed E-state index contributed by atoms with van der Waals surface area (Å²) in [4.78, 5) is 18.3. The maximum atomic E-state index is 11.1. The Morgan fingerprint density at radius 1 is 1.33 bits per heavy atom. The van der Waals surface area contributed by atoms with Crippen LogP contribution in [0.2, 0.25) is 0 Å². The first-order chi connectivity index (χ1) is 7.08. The molecule has 0 fully saturated rings. The van der Waals surface area contributed by atoms with Gasteiger partial charge in [0.15, 0.2) is 0 Å². The molecule has 5 heteroatoms. The van der Waals surface area contributed by atoms with Gasteiger partial charge < -0.3 is 5.73 Å². The highest BCUT2D eigenvalue weighted by molar-refractivity contribution is 7.22. The predicted molar refractivity (Wildman–Crippen MR) is 63.4 cm³/mol. The van der Waals surface area contributed by atoms with Crippen LogP contribution >= 0.6 is 22.7 Å². The molecule has 0 radical (unpaired) electrons. The number of carbonyl (C=O) groups is 1. The molecule has 0 saturated heterocycles. The summed E-state index contributed by atoms with van der Waals surface area (Å²) in [7, 11) is 0. The summed E-state index contributed by atoms with van der Waals surface area (Å²) in [5, 5.41) is 0.874. The fraction of sp³-hybridized carbons (Fsp3) is 0.200. The Labute approximate surface area is 95.6 Å². The molecule has 2 rings (SSSR count). The number of aryl methyl sites for hydroxylation is 2. The lowest BCUT2D eigenvalue weighted by Crippen LogP contribution is -2.09. The van der Waals surface area contributed by atoms with Crippen molar-refractivity contribution in [2.75, 3.05) is 0 Å². The highest BCUT2D eigenvalue weighted by atomic mass is 32.1. The second kappa shape index (κ2) is 3.75. The van der Waals surface area contributed by atoms with Crippen LogP contribution in [0.5, 0.6) is 0 Å². The molecule has 0 aliphatic rings. The van der Waals surface area contributed by atoms with Gasteiger partial charge in [-0.3, -0.25) is 4.79 Å². The maximum Gasteiger partial charge on any atom is 0.260 e. The third-order valence-corrected chi connectivity index (χ3v) is 4.31. The van der Waals surface area contributed by atoms with Crippen LogP contribution < -0.4 is 5.73 Å². The Morgan fingerprint density at radius 3 is 2.53 bits per heavy atom. The average Bonchev–Trinajstić information content (AvgIpc) is 2.71. The zero-order chi connectivity index (χ0) is 11.0. The fourth-order valence-electron chi connectivity index (χ4n) is 1.28. The van der Waals surface area contributed by atoms with Crippen molar-refractivity contribution in [2.24, 2.45) is 5.73 Å². The molecule has 0 aliphatic heterocycles. The molecule has 0 aromatic carbocycles. The summed E-state index contributed by atoms with van der Waals surface area (Å²) in [5.74, 6) is -0.399. The lowest BCUT2D eigenvalue weighted by molar-refractivity contribution is 0.100. The lowest BCUT2D eigenvalue weighted by atomic mass is 10.4. The molecule has 1 amide bonds. The Bertz CT molecular complexity index is 513. The first kappa shape index (κ1) is 10.3. The van der Waals surface area contributed by atoms with E-state index in [0.29, 0.717) is 10.6 Å². The van der Waals surface area contributed by atoms with Crippen LogP contribution in [0.15, 0.2) is 12.1 Å². The Morgan fingerprint density at radius 2 is 2.07 bits per heavy atom. The minimum atomic E-state index is -0.399. The van der Waals surface area contributed by atoms with Crippen molar-refractivity contribution < 1.29 is 4.79 Å². The lowest BCUT2D eigenvalue weighted by Gasteiger charge is -1.86. The topological polar surface area (TPSA) is 56.0 Å². The number of hydrogen-bond donors (Lipinski definition) is 1. The smallest absolute Gasteiger partial charge is 0.260 e. The predicted octanol–water partition coefficient (Wildman–Crippen LogP) is 2.59. The van der Waals surface area contributed by atoms with E-state index in [0.717, 1.165) is 9.88 Å². The molecule has 2 heterocycles. The summed E-state index contributed by atoms with van der Waals surface area (Å²) in [6.07, 6.45) is 0. The zero-order valence-corrected chi connectivity index (χ0v) is 10.0. The summed E-state index contributed by atoms with van der Waals surface area (Å²) < 4.78 is 0. The second-order valence-electron chi connectivity index (χ2n) is 3.21. The standard InChI is InChI=1S/C10H10N2OS2/c1-5-3-4-7(14-5)10-12-6(2)8(15-10)9(11)13/h3-4H,1-2H3,(H2,11,13). The minimum Gasteiger partial charge on any atom is -0.365 e. The molecule has 0 spiro atoms. The Hall–Kier alpha value is -1.20. The average molecular weight is 238 g/mol. The van der Waals surface area contributed by atoms with Crippen LogP contribution in [0.3, 0.4) is 0 Å². The van der Waals surface area contributed by atoms with Crippen LogP contribution in [-0.2, 0) is 0 Å². The quantitative estimate of drug-likeness (QED) is 0.874. The van der Waals surface area contributed by atoms with Crippen molar-refractivity contribution >= 4 is 28.6 Å². The first-order valence-corrected chi connectivity index (χ1v) is 6.05. The van der Waals surface area contributed by atoms with Crippen molar-refractivity contribution in [1.82, 2.24) is 4.98 Å². The minimum absolute atomic E-state index is 0.399. The zero-order valence-electron chi connectivity index (χ0n) is 8.40. The molecule has 78 valence electrons. The molecule has 2 N–H and O–H groups in total. The van der Waals surface area contributed by atoms with Crippen molar-refractivity contribution in [1.29, 1.82) is 0 Å². The Balaban J connectivity index is 2.46. The Kier molecular flexibility index (Phi) is 2.58. The van der Waals surface area contributed by atoms with Gasteiger partial charge in [0.05, 0.1) is 10.6 Å². The molecular formula is C10H10N2OS2.